The molecule has 0 spiro atoms. The summed E-state index contributed by atoms with van der Waals surface area (Å²) in [5.74, 6) is -0.185. The SMILES string of the molecule is C[C@@H](c1ccc(NS(=O)O)cc1)N1C(=O)[C@@H]2C[C@H]1CN2C[C@H](N)C(=O)N1CCC[C@H]1C#N. The lowest BCUT2D eigenvalue weighted by Crippen LogP contribution is -2.56. The van der Waals surface area contributed by atoms with Gasteiger partial charge in [-0.25, -0.2) is 4.21 Å². The summed E-state index contributed by atoms with van der Waals surface area (Å²) < 4.78 is 22.2. The summed E-state index contributed by atoms with van der Waals surface area (Å²) in [7, 11) is 0. The van der Waals surface area contributed by atoms with Crippen LogP contribution in [0.3, 0.4) is 0 Å². The van der Waals surface area contributed by atoms with Crippen molar-refractivity contribution in [3.05, 3.63) is 29.8 Å². The number of piperazine rings is 1. The van der Waals surface area contributed by atoms with Crippen molar-refractivity contribution in [2.24, 2.45) is 5.73 Å². The first-order chi connectivity index (χ1) is 15.3. The highest BCUT2D eigenvalue weighted by atomic mass is 32.2. The Hall–Kier alpha value is -2.52. The van der Waals surface area contributed by atoms with Gasteiger partial charge >= 0.3 is 0 Å². The number of carbonyl (C=O) groups excluding carboxylic acids is 2. The Bertz CT molecular complexity index is 951. The molecule has 4 rings (SSSR count). The molecule has 1 aromatic carbocycles. The molecule has 3 aliphatic heterocycles. The Balaban J connectivity index is 1.37. The largest absolute Gasteiger partial charge is 0.330 e. The molecule has 10 nitrogen and oxygen atoms in total. The Morgan fingerprint density at radius 2 is 2.12 bits per heavy atom. The Morgan fingerprint density at radius 3 is 2.75 bits per heavy atom. The van der Waals surface area contributed by atoms with Crippen molar-refractivity contribution in [2.75, 3.05) is 24.4 Å². The average molecular weight is 461 g/mol. The number of anilines is 1. The van der Waals surface area contributed by atoms with Crippen LogP contribution in [0.15, 0.2) is 24.3 Å². The number of carbonyl (C=O) groups is 2. The summed E-state index contributed by atoms with van der Waals surface area (Å²) in [4.78, 5) is 31.3. The number of likely N-dealkylation sites (tertiary alicyclic amines) is 3. The molecule has 3 saturated heterocycles. The highest BCUT2D eigenvalue weighted by molar-refractivity contribution is 7.80. The summed E-state index contributed by atoms with van der Waals surface area (Å²) in [6, 6.07) is 7.74. The van der Waals surface area contributed by atoms with E-state index in [0.717, 1.165) is 12.0 Å². The zero-order chi connectivity index (χ0) is 23.0. The van der Waals surface area contributed by atoms with Crippen LogP contribution in [-0.2, 0) is 20.9 Å². The highest BCUT2D eigenvalue weighted by Crippen LogP contribution is 2.38. The van der Waals surface area contributed by atoms with Crippen molar-refractivity contribution in [1.29, 1.82) is 5.26 Å². The van der Waals surface area contributed by atoms with Gasteiger partial charge in [0.15, 0.2) is 0 Å². The van der Waals surface area contributed by atoms with Gasteiger partial charge in [0.2, 0.25) is 11.8 Å². The van der Waals surface area contributed by atoms with E-state index in [0.29, 0.717) is 38.2 Å². The fourth-order valence-electron chi connectivity index (χ4n) is 5.20. The molecule has 0 aromatic heterocycles. The van der Waals surface area contributed by atoms with Gasteiger partial charge in [0.05, 0.1) is 24.2 Å². The number of rotatable bonds is 7. The number of benzene rings is 1. The summed E-state index contributed by atoms with van der Waals surface area (Å²) in [6.07, 6.45) is 2.20. The van der Waals surface area contributed by atoms with Crippen LogP contribution in [0.2, 0.25) is 0 Å². The highest BCUT2D eigenvalue weighted by Gasteiger charge is 2.51. The smallest absolute Gasteiger partial charge is 0.259 e. The fraction of sp³-hybridized carbons (Fsp3) is 0.571. The lowest BCUT2D eigenvalue weighted by Gasteiger charge is -2.38. The average Bonchev–Trinajstić information content (AvgIpc) is 3.47. The number of hydrogen-bond donors (Lipinski definition) is 3. The third-order valence-corrected chi connectivity index (χ3v) is 7.17. The molecule has 11 heteroatoms. The Morgan fingerprint density at radius 1 is 1.41 bits per heavy atom. The van der Waals surface area contributed by atoms with Gasteiger partial charge in [0.1, 0.15) is 6.04 Å². The monoisotopic (exact) mass is 460 g/mol. The van der Waals surface area contributed by atoms with Crippen molar-refractivity contribution in [1.82, 2.24) is 14.7 Å². The van der Waals surface area contributed by atoms with Crippen LogP contribution in [0, 0.1) is 11.3 Å². The molecular weight excluding hydrogens is 432 g/mol. The van der Waals surface area contributed by atoms with Crippen LogP contribution in [0.1, 0.15) is 37.8 Å². The minimum atomic E-state index is -2.13. The first-order valence-corrected chi connectivity index (χ1v) is 11.9. The summed E-state index contributed by atoms with van der Waals surface area (Å²) in [6.45, 7) is 3.50. The molecule has 2 amide bonds. The lowest BCUT2D eigenvalue weighted by atomic mass is 10.0. The van der Waals surface area contributed by atoms with Gasteiger partial charge in [-0.1, -0.05) is 12.1 Å². The second-order valence-corrected chi connectivity index (χ2v) is 9.38. The maximum atomic E-state index is 13.1. The van der Waals surface area contributed by atoms with Crippen LogP contribution in [0.25, 0.3) is 0 Å². The van der Waals surface area contributed by atoms with Crippen molar-refractivity contribution in [2.45, 2.75) is 56.4 Å². The predicted molar refractivity (Wildman–Crippen MR) is 118 cm³/mol. The molecule has 1 unspecified atom stereocenters. The van der Waals surface area contributed by atoms with E-state index in [4.69, 9.17) is 10.3 Å². The fourth-order valence-corrected chi connectivity index (χ4v) is 5.54. The number of nitrogens with zero attached hydrogens (tertiary/aromatic N) is 4. The number of amides is 2. The Labute approximate surface area is 189 Å². The molecule has 2 bridgehead atoms. The molecule has 1 aromatic rings. The molecule has 172 valence electrons. The molecule has 3 heterocycles. The van der Waals surface area contributed by atoms with Crippen molar-refractivity contribution < 1.29 is 18.4 Å². The topological polar surface area (TPSA) is 143 Å². The third kappa shape index (κ3) is 4.23. The molecule has 3 aliphatic rings. The second kappa shape index (κ2) is 9.15. The maximum Gasteiger partial charge on any atom is 0.259 e. The number of fused-ring (bicyclic) bond motifs is 2. The second-order valence-electron chi connectivity index (χ2n) is 8.68. The van der Waals surface area contributed by atoms with Crippen LogP contribution >= 0.6 is 0 Å². The summed E-state index contributed by atoms with van der Waals surface area (Å²) in [5.41, 5.74) is 7.66. The van der Waals surface area contributed by atoms with Gasteiger partial charge in [-0.15, -0.1) is 0 Å². The van der Waals surface area contributed by atoms with Crippen LogP contribution in [0.5, 0.6) is 0 Å². The first-order valence-electron chi connectivity index (χ1n) is 10.8. The van der Waals surface area contributed by atoms with E-state index in [9.17, 15) is 19.1 Å². The van der Waals surface area contributed by atoms with Crippen molar-refractivity contribution in [3.8, 4) is 6.07 Å². The predicted octanol–water partition coefficient (Wildman–Crippen LogP) is 0.423. The maximum absolute atomic E-state index is 13.1. The molecule has 0 saturated carbocycles. The number of nitriles is 1. The van der Waals surface area contributed by atoms with Gasteiger partial charge in [-0.05, 0) is 43.9 Å². The molecule has 6 atom stereocenters. The van der Waals surface area contributed by atoms with E-state index in [1.165, 1.54) is 0 Å². The molecule has 0 aliphatic carbocycles. The van der Waals surface area contributed by atoms with Crippen LogP contribution in [0.4, 0.5) is 5.69 Å². The molecule has 32 heavy (non-hydrogen) atoms. The van der Waals surface area contributed by atoms with E-state index in [1.807, 2.05) is 28.9 Å². The van der Waals surface area contributed by atoms with Crippen LogP contribution < -0.4 is 10.5 Å². The number of nitrogens with one attached hydrogen (secondary N) is 1. The minimum absolute atomic E-state index is 0.0307. The van der Waals surface area contributed by atoms with Gasteiger partial charge in [-0.2, -0.15) is 5.26 Å². The minimum Gasteiger partial charge on any atom is -0.330 e. The van der Waals surface area contributed by atoms with Gasteiger partial charge in [0, 0.05) is 31.4 Å². The van der Waals surface area contributed by atoms with Gasteiger partial charge < -0.3 is 15.5 Å². The van der Waals surface area contributed by atoms with E-state index < -0.39 is 23.4 Å². The quantitative estimate of drug-likeness (QED) is 0.501. The standard InChI is InChI=1S/C21H28N6O4S/c1-13(14-4-6-15(7-5-14)24-32(30)31)27-17-9-19(21(27)29)25(11-17)12-18(23)20(28)26-8-2-3-16(26)10-22/h4-7,13,16-19,24H,2-3,8-9,11-12,23H2,1H3,(H,30,31)/t13-,16-,17-,18-,19-/m0/s1. The number of hydrogen-bond acceptors (Lipinski definition) is 6. The summed E-state index contributed by atoms with van der Waals surface area (Å²) >= 11 is -2.13. The zero-order valence-corrected chi connectivity index (χ0v) is 18.7. The summed E-state index contributed by atoms with van der Waals surface area (Å²) in [5, 5.41) is 9.23. The van der Waals surface area contributed by atoms with E-state index >= 15 is 0 Å². The van der Waals surface area contributed by atoms with Crippen LogP contribution in [-0.4, -0.2) is 79.1 Å². The Kier molecular flexibility index (Phi) is 6.48. The third-order valence-electron chi connectivity index (χ3n) is 6.76. The number of nitrogens with two attached hydrogens (primary N) is 1. The molecule has 3 fully saturated rings. The first kappa shape index (κ1) is 22.7. The van der Waals surface area contributed by atoms with Crippen molar-refractivity contribution >= 4 is 28.8 Å². The van der Waals surface area contributed by atoms with Crippen molar-refractivity contribution in [3.63, 3.8) is 0 Å². The van der Waals surface area contributed by atoms with E-state index in [1.54, 1.807) is 17.0 Å². The molecule has 0 radical (unpaired) electrons. The van der Waals surface area contributed by atoms with Gasteiger partial charge in [-0.3, -0.25) is 23.8 Å². The van der Waals surface area contributed by atoms with Gasteiger partial charge in [0.25, 0.3) is 11.3 Å². The zero-order valence-electron chi connectivity index (χ0n) is 17.9. The van der Waals surface area contributed by atoms with E-state index in [2.05, 4.69) is 10.8 Å². The normalized spacial score (nSPS) is 27.9. The molecular formula is C21H28N6O4S. The lowest BCUT2D eigenvalue weighted by molar-refractivity contribution is -0.140. The molecule has 4 N–H and O–H groups in total. The van der Waals surface area contributed by atoms with E-state index in [-0.39, 0.29) is 29.9 Å².